The molecule has 1 aromatic carbocycles. The largest absolute Gasteiger partial charge is 0.508 e. The van der Waals surface area contributed by atoms with Gasteiger partial charge in [0.2, 0.25) is 0 Å². The van der Waals surface area contributed by atoms with Crippen molar-refractivity contribution < 1.29 is 20.1 Å². The number of aliphatic hydroxyl groups excluding tert-OH is 1. The fraction of sp³-hybridized carbons (Fsp3) is 0.675. The molecule has 0 spiro atoms. The Balaban J connectivity index is 0.000000142. The first-order valence-corrected chi connectivity index (χ1v) is 17.5. The normalized spacial score (nSPS) is 45.0. The molecule has 5 fully saturated rings. The van der Waals surface area contributed by atoms with Crippen molar-refractivity contribution in [2.45, 2.75) is 121 Å². The van der Waals surface area contributed by atoms with Gasteiger partial charge in [-0.1, -0.05) is 31.3 Å². The van der Waals surface area contributed by atoms with Crippen LogP contribution < -0.4 is 0 Å². The standard InChI is InChI=1S/C20H26O2.C20H24O2/c1-3-20(22)11-9-18-17-6-4-13-12-14(21)5-7-15(13)16(17)8-10-19(18,20)2;1-3-12-10-14(21)11-13-4-5-15-16(19(12)13)8-9-20(2)17(15)6-7-18(20)22/h1,12,15-18,22H,4-11H2,2H3;1,10-11,15-18,21-22H,4-9H2,2H3/t15-,16+,17+,18-,19-,20-;15-,16+,17+,18+,20+/m01/s1. The molecular formula is C40H50O4. The molecule has 4 nitrogen and oxygen atoms in total. The van der Waals surface area contributed by atoms with Crippen LogP contribution in [-0.4, -0.2) is 32.8 Å². The van der Waals surface area contributed by atoms with Gasteiger partial charge in [0.25, 0.3) is 0 Å². The molecule has 8 rings (SSSR count). The molecule has 0 radical (unpaired) electrons. The lowest BCUT2D eigenvalue weighted by Crippen LogP contribution is -2.52. The SMILES string of the molecule is C#C[C@]1(O)CC[C@H]2[C@@H]3CCC4=CC(=O)CC[C@@H]4[C@H]3CC[C@@]21C.C#Cc1cc(O)cc2c1[C@H]1CC[C@]3(C)[C@@H](O)CC[C@H]3[C@@H]1CC2. The highest BCUT2D eigenvalue weighted by Gasteiger charge is 2.62. The van der Waals surface area contributed by atoms with E-state index in [4.69, 9.17) is 12.8 Å². The number of phenols is 1. The first kappa shape index (κ1) is 30.1. The fourth-order valence-corrected chi connectivity index (χ4v) is 12.2. The number of aryl methyl sites for hydroxylation is 1. The number of phenolic OH excluding ortho intramolecular Hbond substituents is 1. The third-order valence-corrected chi connectivity index (χ3v) is 14.6. The highest BCUT2D eigenvalue weighted by molar-refractivity contribution is 5.91. The van der Waals surface area contributed by atoms with Crippen molar-refractivity contribution >= 4 is 5.78 Å². The van der Waals surface area contributed by atoms with Crippen LogP contribution in [0.15, 0.2) is 23.8 Å². The third-order valence-electron chi connectivity index (χ3n) is 14.6. The molecule has 234 valence electrons. The summed E-state index contributed by atoms with van der Waals surface area (Å²) >= 11 is 0. The average molecular weight is 595 g/mol. The topological polar surface area (TPSA) is 77.8 Å². The third kappa shape index (κ3) is 4.38. The summed E-state index contributed by atoms with van der Waals surface area (Å²) in [6, 6.07) is 3.65. The molecule has 0 bridgehead atoms. The van der Waals surface area contributed by atoms with Crippen molar-refractivity contribution in [3.8, 4) is 30.4 Å². The first-order valence-electron chi connectivity index (χ1n) is 17.5. The predicted molar refractivity (Wildman–Crippen MR) is 173 cm³/mol. The summed E-state index contributed by atoms with van der Waals surface area (Å²) in [6.45, 7) is 4.52. The number of terminal acetylenes is 2. The lowest BCUT2D eigenvalue weighted by atomic mass is 9.50. The second kappa shape index (κ2) is 10.8. The molecule has 0 saturated heterocycles. The highest BCUT2D eigenvalue weighted by atomic mass is 16.3. The minimum Gasteiger partial charge on any atom is -0.508 e. The Kier molecular flexibility index (Phi) is 7.39. The molecule has 0 aliphatic heterocycles. The highest BCUT2D eigenvalue weighted by Crippen LogP contribution is 2.65. The Labute approximate surface area is 264 Å². The maximum atomic E-state index is 11.7. The number of carbonyl (C=O) groups excluding carboxylic acids is 1. The second-order valence-corrected chi connectivity index (χ2v) is 16.1. The minimum absolute atomic E-state index is 0.103. The number of hydrogen-bond acceptors (Lipinski definition) is 4. The predicted octanol–water partition coefficient (Wildman–Crippen LogP) is 7.08. The van der Waals surface area contributed by atoms with E-state index in [1.807, 2.05) is 12.1 Å². The number of fused-ring (bicyclic) bond motifs is 10. The van der Waals surface area contributed by atoms with Crippen LogP contribution in [0.1, 0.15) is 120 Å². The Hall–Kier alpha value is -2.53. The maximum absolute atomic E-state index is 11.7. The maximum Gasteiger partial charge on any atom is 0.155 e. The van der Waals surface area contributed by atoms with E-state index >= 15 is 0 Å². The van der Waals surface area contributed by atoms with Gasteiger partial charge >= 0.3 is 0 Å². The van der Waals surface area contributed by atoms with Crippen molar-refractivity contribution in [3.05, 3.63) is 40.5 Å². The number of allylic oxidation sites excluding steroid dienone is 1. The number of aliphatic hydroxyl groups is 2. The average Bonchev–Trinajstić information content (AvgIpc) is 3.48. The monoisotopic (exact) mass is 594 g/mol. The number of rotatable bonds is 0. The molecule has 5 saturated carbocycles. The molecule has 0 aromatic heterocycles. The van der Waals surface area contributed by atoms with E-state index in [2.05, 4.69) is 25.7 Å². The summed E-state index contributed by atoms with van der Waals surface area (Å²) in [4.78, 5) is 11.7. The summed E-state index contributed by atoms with van der Waals surface area (Å²) < 4.78 is 0. The van der Waals surface area contributed by atoms with Gasteiger partial charge in [-0.25, -0.2) is 0 Å². The van der Waals surface area contributed by atoms with Gasteiger partial charge in [0, 0.05) is 17.4 Å². The Morgan fingerprint density at radius 2 is 1.61 bits per heavy atom. The van der Waals surface area contributed by atoms with Crippen molar-refractivity contribution in [2.24, 2.45) is 46.3 Å². The Morgan fingerprint density at radius 1 is 0.818 bits per heavy atom. The van der Waals surface area contributed by atoms with Gasteiger partial charge in [0.1, 0.15) is 11.4 Å². The molecule has 0 unspecified atom stereocenters. The van der Waals surface area contributed by atoms with E-state index in [1.165, 1.54) is 23.1 Å². The quantitative estimate of drug-likeness (QED) is 0.281. The van der Waals surface area contributed by atoms with Gasteiger partial charge in [-0.2, -0.15) is 0 Å². The fourth-order valence-electron chi connectivity index (χ4n) is 12.2. The summed E-state index contributed by atoms with van der Waals surface area (Å²) in [6.07, 6.45) is 27.8. The molecule has 0 heterocycles. The van der Waals surface area contributed by atoms with Gasteiger partial charge in [-0.3, -0.25) is 4.79 Å². The molecule has 11 atom stereocenters. The van der Waals surface area contributed by atoms with Crippen LogP contribution >= 0.6 is 0 Å². The lowest BCUT2D eigenvalue weighted by Gasteiger charge is -2.54. The zero-order valence-electron chi connectivity index (χ0n) is 26.7. The van der Waals surface area contributed by atoms with Crippen LogP contribution in [0.5, 0.6) is 5.75 Å². The van der Waals surface area contributed by atoms with Crippen molar-refractivity contribution in [1.29, 1.82) is 0 Å². The summed E-state index contributed by atoms with van der Waals surface area (Å²) in [5.41, 5.74) is 3.97. The van der Waals surface area contributed by atoms with E-state index in [9.17, 15) is 20.1 Å². The van der Waals surface area contributed by atoms with Gasteiger partial charge in [-0.15, -0.1) is 12.8 Å². The van der Waals surface area contributed by atoms with Crippen LogP contribution in [-0.2, 0) is 11.2 Å². The number of benzene rings is 1. The zero-order valence-corrected chi connectivity index (χ0v) is 26.7. The first-order chi connectivity index (χ1) is 21.0. The Morgan fingerprint density at radius 3 is 2.39 bits per heavy atom. The van der Waals surface area contributed by atoms with E-state index in [-0.39, 0.29) is 16.9 Å². The number of carbonyl (C=O) groups is 1. The van der Waals surface area contributed by atoms with E-state index in [1.54, 1.807) is 6.07 Å². The van der Waals surface area contributed by atoms with E-state index in [0.717, 1.165) is 89.0 Å². The van der Waals surface area contributed by atoms with Crippen molar-refractivity contribution in [2.75, 3.05) is 0 Å². The number of ketones is 1. The molecule has 7 aliphatic carbocycles. The Bertz CT molecular complexity index is 1460. The van der Waals surface area contributed by atoms with Gasteiger partial charge < -0.3 is 15.3 Å². The molecule has 44 heavy (non-hydrogen) atoms. The molecule has 0 amide bonds. The zero-order chi connectivity index (χ0) is 31.0. The van der Waals surface area contributed by atoms with Crippen LogP contribution in [0.25, 0.3) is 0 Å². The van der Waals surface area contributed by atoms with Crippen molar-refractivity contribution in [3.63, 3.8) is 0 Å². The lowest BCUT2D eigenvalue weighted by molar-refractivity contribution is -0.116. The van der Waals surface area contributed by atoms with Gasteiger partial charge in [-0.05, 0) is 160 Å². The van der Waals surface area contributed by atoms with Crippen LogP contribution in [0, 0.1) is 71.0 Å². The van der Waals surface area contributed by atoms with Crippen LogP contribution in [0.2, 0.25) is 0 Å². The van der Waals surface area contributed by atoms with Gasteiger partial charge in [0.15, 0.2) is 5.78 Å². The molecular weight excluding hydrogens is 544 g/mol. The molecule has 4 heteroatoms. The summed E-state index contributed by atoms with van der Waals surface area (Å²) in [5, 5.41) is 31.3. The van der Waals surface area contributed by atoms with Crippen molar-refractivity contribution in [1.82, 2.24) is 0 Å². The number of aromatic hydroxyl groups is 1. The summed E-state index contributed by atoms with van der Waals surface area (Å²) in [7, 11) is 0. The van der Waals surface area contributed by atoms with Gasteiger partial charge in [0.05, 0.1) is 6.10 Å². The summed E-state index contributed by atoms with van der Waals surface area (Å²) in [5.74, 6) is 10.5. The molecule has 1 aromatic rings. The minimum atomic E-state index is -0.902. The van der Waals surface area contributed by atoms with E-state index in [0.29, 0.717) is 53.0 Å². The molecule has 3 N–H and O–H groups in total. The smallest absolute Gasteiger partial charge is 0.155 e. The van der Waals surface area contributed by atoms with Crippen LogP contribution in [0.4, 0.5) is 0 Å². The van der Waals surface area contributed by atoms with E-state index < -0.39 is 5.60 Å². The second-order valence-electron chi connectivity index (χ2n) is 16.1. The van der Waals surface area contributed by atoms with Crippen LogP contribution in [0.3, 0.4) is 0 Å². The molecule has 7 aliphatic rings. The number of hydrogen-bond donors (Lipinski definition) is 3.